The maximum atomic E-state index is 3.73. The summed E-state index contributed by atoms with van der Waals surface area (Å²) in [4.78, 5) is 5.25. The van der Waals surface area contributed by atoms with Gasteiger partial charge in [-0.1, -0.05) is 30.3 Å². The highest BCUT2D eigenvalue weighted by Crippen LogP contribution is 2.25. The van der Waals surface area contributed by atoms with E-state index in [-0.39, 0.29) is 0 Å². The molecule has 21 heavy (non-hydrogen) atoms. The molecule has 3 atom stereocenters. The van der Waals surface area contributed by atoms with Gasteiger partial charge in [0.15, 0.2) is 0 Å². The minimum atomic E-state index is 0.490. The van der Waals surface area contributed by atoms with Crippen LogP contribution in [0.5, 0.6) is 0 Å². The van der Waals surface area contributed by atoms with Gasteiger partial charge in [0.25, 0.3) is 0 Å². The summed E-state index contributed by atoms with van der Waals surface area (Å²) in [5.74, 6) is 0. The molecule has 1 N–H and O–H groups in total. The van der Waals surface area contributed by atoms with E-state index in [1.54, 1.807) is 0 Å². The van der Waals surface area contributed by atoms with E-state index < -0.39 is 0 Å². The van der Waals surface area contributed by atoms with Crippen LogP contribution < -0.4 is 5.32 Å². The molecule has 0 saturated carbocycles. The monoisotopic (exact) mass is 287 g/mol. The molecule has 1 aromatic carbocycles. The number of piperidine rings is 1. The SMILES string of the molecule is CC1CC(N2CCCNC(c3ccccc3)C2)CCN1C. The molecule has 0 bridgehead atoms. The first-order valence-corrected chi connectivity index (χ1v) is 8.46. The fourth-order valence-corrected chi connectivity index (χ4v) is 3.79. The summed E-state index contributed by atoms with van der Waals surface area (Å²) in [5.41, 5.74) is 1.44. The second kappa shape index (κ2) is 6.91. The molecule has 2 heterocycles. The van der Waals surface area contributed by atoms with Gasteiger partial charge in [0, 0.05) is 24.7 Å². The van der Waals surface area contributed by atoms with Gasteiger partial charge in [0.1, 0.15) is 0 Å². The molecular weight excluding hydrogens is 258 g/mol. The third-order valence-electron chi connectivity index (χ3n) is 5.33. The van der Waals surface area contributed by atoms with Crippen molar-refractivity contribution in [2.24, 2.45) is 0 Å². The van der Waals surface area contributed by atoms with Crippen LogP contribution in [-0.4, -0.2) is 55.1 Å². The molecule has 3 unspecified atom stereocenters. The van der Waals surface area contributed by atoms with Gasteiger partial charge in [-0.2, -0.15) is 0 Å². The van der Waals surface area contributed by atoms with Gasteiger partial charge in [0.05, 0.1) is 0 Å². The van der Waals surface area contributed by atoms with Crippen LogP contribution in [0.25, 0.3) is 0 Å². The van der Waals surface area contributed by atoms with Crippen LogP contribution in [0, 0.1) is 0 Å². The molecule has 0 radical (unpaired) electrons. The van der Waals surface area contributed by atoms with Crippen LogP contribution in [0.15, 0.2) is 30.3 Å². The number of nitrogens with zero attached hydrogens (tertiary/aromatic N) is 2. The highest BCUT2D eigenvalue weighted by Gasteiger charge is 2.30. The van der Waals surface area contributed by atoms with E-state index in [0.29, 0.717) is 6.04 Å². The second-order valence-electron chi connectivity index (χ2n) is 6.77. The van der Waals surface area contributed by atoms with Crippen LogP contribution in [0.2, 0.25) is 0 Å². The van der Waals surface area contributed by atoms with Crippen molar-refractivity contribution in [1.82, 2.24) is 15.1 Å². The lowest BCUT2D eigenvalue weighted by molar-refractivity contribution is 0.0866. The van der Waals surface area contributed by atoms with Gasteiger partial charge in [0.2, 0.25) is 0 Å². The Labute approximate surface area is 129 Å². The van der Waals surface area contributed by atoms with Gasteiger partial charge < -0.3 is 10.2 Å². The fraction of sp³-hybridized carbons (Fsp3) is 0.667. The number of hydrogen-bond donors (Lipinski definition) is 1. The zero-order valence-corrected chi connectivity index (χ0v) is 13.5. The molecule has 116 valence electrons. The Morgan fingerprint density at radius 3 is 2.71 bits per heavy atom. The molecule has 2 fully saturated rings. The highest BCUT2D eigenvalue weighted by atomic mass is 15.2. The van der Waals surface area contributed by atoms with Crippen LogP contribution in [-0.2, 0) is 0 Å². The first-order chi connectivity index (χ1) is 10.2. The highest BCUT2D eigenvalue weighted by molar-refractivity contribution is 5.19. The number of rotatable bonds is 2. The van der Waals surface area contributed by atoms with Crippen molar-refractivity contribution in [3.63, 3.8) is 0 Å². The number of benzene rings is 1. The zero-order chi connectivity index (χ0) is 14.7. The Hall–Kier alpha value is -0.900. The Morgan fingerprint density at radius 2 is 1.95 bits per heavy atom. The van der Waals surface area contributed by atoms with Gasteiger partial charge in [-0.05, 0) is 58.4 Å². The minimum absolute atomic E-state index is 0.490. The number of likely N-dealkylation sites (tertiary alicyclic amines) is 1. The third kappa shape index (κ3) is 3.65. The van der Waals surface area contributed by atoms with Crippen molar-refractivity contribution in [2.45, 2.75) is 44.3 Å². The molecule has 2 saturated heterocycles. The quantitative estimate of drug-likeness (QED) is 0.901. The summed E-state index contributed by atoms with van der Waals surface area (Å²) >= 11 is 0. The van der Waals surface area contributed by atoms with Crippen LogP contribution in [0.1, 0.15) is 37.8 Å². The van der Waals surface area contributed by atoms with Gasteiger partial charge in [-0.3, -0.25) is 4.90 Å². The molecule has 3 rings (SSSR count). The molecule has 0 aliphatic carbocycles. The molecule has 1 aromatic rings. The topological polar surface area (TPSA) is 18.5 Å². The largest absolute Gasteiger partial charge is 0.309 e. The summed E-state index contributed by atoms with van der Waals surface area (Å²) in [5, 5.41) is 3.73. The zero-order valence-electron chi connectivity index (χ0n) is 13.5. The lowest BCUT2D eigenvalue weighted by Gasteiger charge is -2.41. The predicted molar refractivity (Wildman–Crippen MR) is 88.5 cm³/mol. The van der Waals surface area contributed by atoms with Gasteiger partial charge in [-0.15, -0.1) is 0 Å². The van der Waals surface area contributed by atoms with Crippen molar-refractivity contribution in [2.75, 3.05) is 33.2 Å². The minimum Gasteiger partial charge on any atom is -0.309 e. The molecule has 3 heteroatoms. The van der Waals surface area contributed by atoms with E-state index in [4.69, 9.17) is 0 Å². The molecule has 0 aromatic heterocycles. The van der Waals surface area contributed by atoms with Crippen LogP contribution >= 0.6 is 0 Å². The van der Waals surface area contributed by atoms with E-state index in [1.165, 1.54) is 37.9 Å². The first kappa shape index (κ1) is 15.0. The van der Waals surface area contributed by atoms with E-state index in [0.717, 1.165) is 25.2 Å². The molecule has 2 aliphatic heterocycles. The number of hydrogen-bond acceptors (Lipinski definition) is 3. The van der Waals surface area contributed by atoms with Crippen LogP contribution in [0.4, 0.5) is 0 Å². The predicted octanol–water partition coefficient (Wildman–Crippen LogP) is 2.51. The van der Waals surface area contributed by atoms with Crippen molar-refractivity contribution >= 4 is 0 Å². The van der Waals surface area contributed by atoms with Gasteiger partial charge >= 0.3 is 0 Å². The van der Waals surface area contributed by atoms with Crippen molar-refractivity contribution in [3.8, 4) is 0 Å². The van der Waals surface area contributed by atoms with Crippen molar-refractivity contribution in [3.05, 3.63) is 35.9 Å². The molecule has 3 nitrogen and oxygen atoms in total. The molecular formula is C18H29N3. The Bertz CT molecular complexity index is 433. The number of nitrogens with one attached hydrogen (secondary N) is 1. The normalized spacial score (nSPS) is 32.8. The molecule has 0 spiro atoms. The molecule has 0 amide bonds. The summed E-state index contributed by atoms with van der Waals surface area (Å²) < 4.78 is 0. The van der Waals surface area contributed by atoms with Crippen molar-refractivity contribution in [1.29, 1.82) is 0 Å². The standard InChI is InChI=1S/C18H29N3/c1-15-13-17(9-12-20(15)2)21-11-6-10-19-18(14-21)16-7-4-3-5-8-16/h3-5,7-8,15,17-19H,6,9-14H2,1-2H3. The van der Waals surface area contributed by atoms with Gasteiger partial charge in [-0.25, -0.2) is 0 Å². The van der Waals surface area contributed by atoms with E-state index in [9.17, 15) is 0 Å². The summed E-state index contributed by atoms with van der Waals surface area (Å²) in [7, 11) is 2.26. The van der Waals surface area contributed by atoms with Crippen molar-refractivity contribution < 1.29 is 0 Å². The summed E-state index contributed by atoms with van der Waals surface area (Å²) in [6.07, 6.45) is 3.91. The molecule has 2 aliphatic rings. The van der Waals surface area contributed by atoms with E-state index >= 15 is 0 Å². The Morgan fingerprint density at radius 1 is 1.14 bits per heavy atom. The fourth-order valence-electron chi connectivity index (χ4n) is 3.79. The second-order valence-corrected chi connectivity index (χ2v) is 6.77. The van der Waals surface area contributed by atoms with E-state index in [2.05, 4.69) is 59.4 Å². The lowest BCUT2D eigenvalue weighted by atomic mass is 9.96. The van der Waals surface area contributed by atoms with Crippen LogP contribution in [0.3, 0.4) is 0 Å². The summed E-state index contributed by atoms with van der Waals surface area (Å²) in [6, 6.07) is 12.9. The average molecular weight is 287 g/mol. The Kier molecular flexibility index (Phi) is 4.94. The maximum absolute atomic E-state index is 3.73. The third-order valence-corrected chi connectivity index (χ3v) is 5.33. The van der Waals surface area contributed by atoms with E-state index in [1.807, 2.05) is 0 Å². The smallest absolute Gasteiger partial charge is 0.0449 e. The Balaban J connectivity index is 1.68. The maximum Gasteiger partial charge on any atom is 0.0449 e. The lowest BCUT2D eigenvalue weighted by Crippen LogP contribution is -2.48. The first-order valence-electron chi connectivity index (χ1n) is 8.46. The summed E-state index contributed by atoms with van der Waals surface area (Å²) in [6.45, 7) is 7.16. The average Bonchev–Trinajstić information content (AvgIpc) is 2.77.